The van der Waals surface area contributed by atoms with E-state index in [1.807, 2.05) is 23.9 Å². The van der Waals surface area contributed by atoms with Gasteiger partial charge in [-0.25, -0.2) is 0 Å². The van der Waals surface area contributed by atoms with Gasteiger partial charge in [-0.05, 0) is 57.7 Å². The number of rotatable bonds is 9. The Balaban J connectivity index is 1.84. The highest BCUT2D eigenvalue weighted by Gasteiger charge is 2.09. The van der Waals surface area contributed by atoms with Crippen molar-refractivity contribution in [3.8, 4) is 0 Å². The Morgan fingerprint density at radius 3 is 2.77 bits per heavy atom. The van der Waals surface area contributed by atoms with Crippen molar-refractivity contribution >= 4 is 5.96 Å². The molecule has 2 aromatic rings. The second-order valence-electron chi connectivity index (χ2n) is 6.82. The lowest BCUT2D eigenvalue weighted by Gasteiger charge is -2.17. The summed E-state index contributed by atoms with van der Waals surface area (Å²) in [6, 6.07) is 4.32. The second-order valence-corrected chi connectivity index (χ2v) is 6.82. The van der Waals surface area contributed by atoms with Crippen LogP contribution in [0.2, 0.25) is 0 Å². The third-order valence-electron chi connectivity index (χ3n) is 4.75. The Morgan fingerprint density at radius 2 is 2.15 bits per heavy atom. The van der Waals surface area contributed by atoms with E-state index in [-0.39, 0.29) is 0 Å². The fourth-order valence-electron chi connectivity index (χ4n) is 2.87. The molecule has 2 rings (SSSR count). The maximum Gasteiger partial charge on any atom is 0.191 e. The molecule has 0 aliphatic rings. The molecule has 0 saturated heterocycles. The van der Waals surface area contributed by atoms with Gasteiger partial charge in [-0.3, -0.25) is 9.67 Å². The molecule has 0 fully saturated rings. The normalized spacial score (nSPS) is 13.0. The van der Waals surface area contributed by atoms with E-state index >= 15 is 0 Å². The minimum atomic E-state index is 0.396. The van der Waals surface area contributed by atoms with Crippen molar-refractivity contribution < 1.29 is 4.42 Å². The monoisotopic (exact) mass is 359 g/mol. The van der Waals surface area contributed by atoms with Crippen molar-refractivity contribution in [1.29, 1.82) is 0 Å². The number of nitrogens with one attached hydrogen (secondary N) is 2. The summed E-state index contributed by atoms with van der Waals surface area (Å²) < 4.78 is 7.34. The number of aryl methyl sites for hydroxylation is 2. The summed E-state index contributed by atoms with van der Waals surface area (Å²) in [6.07, 6.45) is 5.65. The van der Waals surface area contributed by atoms with Gasteiger partial charge in [0.2, 0.25) is 0 Å². The molecule has 0 bridgehead atoms. The average molecular weight is 360 g/mol. The Kier molecular flexibility index (Phi) is 7.75. The van der Waals surface area contributed by atoms with Crippen LogP contribution in [0.25, 0.3) is 0 Å². The molecule has 0 spiro atoms. The maximum absolute atomic E-state index is 5.38. The second kappa shape index (κ2) is 10.0. The number of furan rings is 1. The Labute approximate surface area is 157 Å². The first kappa shape index (κ1) is 20.1. The fraction of sp³-hybridized carbons (Fsp3) is 0.600. The molecule has 2 N–H and O–H groups in total. The molecule has 0 aromatic carbocycles. The zero-order valence-electron chi connectivity index (χ0n) is 16.8. The highest BCUT2D eigenvalue weighted by Crippen LogP contribution is 2.13. The van der Waals surface area contributed by atoms with Crippen LogP contribution in [-0.4, -0.2) is 34.9 Å². The zero-order chi connectivity index (χ0) is 18.9. The zero-order valence-corrected chi connectivity index (χ0v) is 16.8. The number of hydrogen-bond acceptors (Lipinski definition) is 3. The third-order valence-corrected chi connectivity index (χ3v) is 4.75. The van der Waals surface area contributed by atoms with Crippen molar-refractivity contribution in [2.45, 2.75) is 59.4 Å². The van der Waals surface area contributed by atoms with Gasteiger partial charge < -0.3 is 15.1 Å². The summed E-state index contributed by atoms with van der Waals surface area (Å²) in [5.41, 5.74) is 3.73. The van der Waals surface area contributed by atoms with Crippen LogP contribution >= 0.6 is 0 Å². The van der Waals surface area contributed by atoms with Gasteiger partial charge in [-0.1, -0.05) is 6.92 Å². The lowest BCUT2D eigenvalue weighted by molar-refractivity contribution is 0.506. The van der Waals surface area contributed by atoms with Crippen LogP contribution in [0.5, 0.6) is 0 Å². The summed E-state index contributed by atoms with van der Waals surface area (Å²) in [7, 11) is 2.00. The van der Waals surface area contributed by atoms with Crippen LogP contribution in [0.15, 0.2) is 27.8 Å². The van der Waals surface area contributed by atoms with Gasteiger partial charge in [0, 0.05) is 38.3 Å². The highest BCUT2D eigenvalue weighted by atomic mass is 16.3. The molecule has 2 heterocycles. The minimum absolute atomic E-state index is 0.396. The first-order chi connectivity index (χ1) is 12.5. The predicted molar refractivity (Wildman–Crippen MR) is 107 cm³/mol. The molecule has 1 atom stereocenters. The highest BCUT2D eigenvalue weighted by molar-refractivity contribution is 5.80. The molecule has 6 heteroatoms. The van der Waals surface area contributed by atoms with Crippen molar-refractivity contribution in [3.63, 3.8) is 0 Å². The van der Waals surface area contributed by atoms with Crippen molar-refractivity contribution in [2.24, 2.45) is 12.0 Å². The van der Waals surface area contributed by atoms with E-state index in [1.165, 1.54) is 11.3 Å². The maximum atomic E-state index is 5.38. The number of nitrogens with zero attached hydrogens (tertiary/aromatic N) is 3. The first-order valence-corrected chi connectivity index (χ1v) is 9.57. The molecule has 1 unspecified atom stereocenters. The summed E-state index contributed by atoms with van der Waals surface area (Å²) in [4.78, 5) is 4.75. The summed E-state index contributed by atoms with van der Waals surface area (Å²) in [5.74, 6) is 1.87. The van der Waals surface area contributed by atoms with Gasteiger partial charge in [0.25, 0.3) is 0 Å². The number of aliphatic imine (C=N–C) groups is 1. The molecular weight excluding hydrogens is 326 g/mol. The summed E-state index contributed by atoms with van der Waals surface area (Å²) in [5, 5.41) is 11.4. The van der Waals surface area contributed by atoms with Gasteiger partial charge in [0.05, 0.1) is 12.0 Å². The minimum Gasteiger partial charge on any atom is -0.469 e. The van der Waals surface area contributed by atoms with Crippen molar-refractivity contribution in [3.05, 3.63) is 41.1 Å². The van der Waals surface area contributed by atoms with Gasteiger partial charge >= 0.3 is 0 Å². The van der Waals surface area contributed by atoms with E-state index in [9.17, 15) is 0 Å². The quantitative estimate of drug-likeness (QED) is 0.410. The molecule has 0 radical (unpaired) electrons. The third kappa shape index (κ3) is 5.93. The first-order valence-electron chi connectivity index (χ1n) is 9.57. The van der Waals surface area contributed by atoms with Gasteiger partial charge in [-0.2, -0.15) is 5.10 Å². The van der Waals surface area contributed by atoms with E-state index in [2.05, 4.69) is 43.4 Å². The molecule has 0 aliphatic heterocycles. The Morgan fingerprint density at radius 1 is 1.35 bits per heavy atom. The lowest BCUT2D eigenvalue weighted by Crippen LogP contribution is -2.42. The SMILES string of the molecule is CCC(C)NC(=NCCCc1c(C)nn(C)c1C)NCCc1ccco1. The summed E-state index contributed by atoms with van der Waals surface area (Å²) in [6.45, 7) is 10.2. The van der Waals surface area contributed by atoms with E-state index in [1.54, 1.807) is 6.26 Å². The molecule has 26 heavy (non-hydrogen) atoms. The van der Waals surface area contributed by atoms with Crippen LogP contribution in [0.4, 0.5) is 0 Å². The van der Waals surface area contributed by atoms with E-state index < -0.39 is 0 Å². The standard InChI is InChI=1S/C20H33N5O/c1-6-15(2)23-20(22-13-11-18-9-8-14-26-18)21-12-7-10-19-16(3)24-25(5)17(19)4/h8-9,14-15H,6-7,10-13H2,1-5H3,(H2,21,22,23). The van der Waals surface area contributed by atoms with E-state index in [0.717, 1.165) is 56.2 Å². The molecule has 0 aliphatic carbocycles. The predicted octanol–water partition coefficient (Wildman–Crippen LogP) is 3.14. The van der Waals surface area contributed by atoms with Crippen LogP contribution in [0.1, 0.15) is 49.4 Å². The largest absolute Gasteiger partial charge is 0.469 e. The summed E-state index contributed by atoms with van der Waals surface area (Å²) >= 11 is 0. The Bertz CT molecular complexity index is 687. The van der Waals surface area contributed by atoms with Crippen LogP contribution in [0, 0.1) is 13.8 Å². The average Bonchev–Trinajstić information content (AvgIpc) is 3.21. The van der Waals surface area contributed by atoms with Gasteiger partial charge in [0.15, 0.2) is 5.96 Å². The lowest BCUT2D eigenvalue weighted by atomic mass is 10.1. The van der Waals surface area contributed by atoms with Gasteiger partial charge in [-0.15, -0.1) is 0 Å². The number of hydrogen-bond donors (Lipinski definition) is 2. The van der Waals surface area contributed by atoms with E-state index in [4.69, 9.17) is 9.41 Å². The molecular formula is C20H33N5O. The molecule has 144 valence electrons. The van der Waals surface area contributed by atoms with Crippen molar-refractivity contribution in [1.82, 2.24) is 20.4 Å². The molecule has 0 amide bonds. The van der Waals surface area contributed by atoms with Crippen LogP contribution in [0.3, 0.4) is 0 Å². The number of guanidine groups is 1. The Hall–Kier alpha value is -2.24. The van der Waals surface area contributed by atoms with Crippen molar-refractivity contribution in [2.75, 3.05) is 13.1 Å². The smallest absolute Gasteiger partial charge is 0.191 e. The molecule has 6 nitrogen and oxygen atoms in total. The van der Waals surface area contributed by atoms with E-state index in [0.29, 0.717) is 6.04 Å². The molecule has 0 saturated carbocycles. The molecule has 2 aromatic heterocycles. The van der Waals surface area contributed by atoms with Crippen LogP contribution < -0.4 is 10.6 Å². The van der Waals surface area contributed by atoms with Gasteiger partial charge in [0.1, 0.15) is 5.76 Å². The fourth-order valence-corrected chi connectivity index (χ4v) is 2.87. The number of aromatic nitrogens is 2. The van der Waals surface area contributed by atoms with Crippen LogP contribution in [-0.2, 0) is 19.9 Å². The topological polar surface area (TPSA) is 67.4 Å².